The third-order valence-corrected chi connectivity index (χ3v) is 4.42. The SMILES string of the molecule is CN(Cc1ccc2nonc2c1)C(=O)c1cc(COc2ccc(F)cc2Cl)on1. The smallest absolute Gasteiger partial charge is 0.276 e. The molecule has 0 aliphatic rings. The molecule has 0 unspecified atom stereocenters. The number of carbonyl (C=O) groups is 1. The molecule has 2 aromatic heterocycles. The first kappa shape index (κ1) is 18.9. The Balaban J connectivity index is 1.39. The van der Waals surface area contributed by atoms with Gasteiger partial charge in [0.15, 0.2) is 11.5 Å². The first-order valence-corrected chi connectivity index (χ1v) is 8.87. The van der Waals surface area contributed by atoms with Gasteiger partial charge in [-0.15, -0.1) is 0 Å². The summed E-state index contributed by atoms with van der Waals surface area (Å²) in [7, 11) is 1.65. The number of rotatable bonds is 6. The van der Waals surface area contributed by atoms with E-state index in [1.165, 1.54) is 23.1 Å². The molecule has 1 amide bonds. The van der Waals surface area contributed by atoms with Gasteiger partial charge in [0.1, 0.15) is 29.2 Å². The van der Waals surface area contributed by atoms with Crippen LogP contribution in [0.1, 0.15) is 21.8 Å². The summed E-state index contributed by atoms with van der Waals surface area (Å²) in [5.41, 5.74) is 2.26. The van der Waals surface area contributed by atoms with Crippen LogP contribution in [0.2, 0.25) is 5.02 Å². The average Bonchev–Trinajstić information content (AvgIpc) is 3.35. The molecule has 0 bridgehead atoms. The highest BCUT2D eigenvalue weighted by Gasteiger charge is 2.18. The van der Waals surface area contributed by atoms with E-state index in [9.17, 15) is 9.18 Å². The lowest BCUT2D eigenvalue weighted by molar-refractivity contribution is 0.0774. The van der Waals surface area contributed by atoms with Crippen molar-refractivity contribution in [2.24, 2.45) is 0 Å². The van der Waals surface area contributed by atoms with Gasteiger partial charge >= 0.3 is 0 Å². The molecule has 0 radical (unpaired) electrons. The summed E-state index contributed by atoms with van der Waals surface area (Å²) in [6.45, 7) is 0.330. The van der Waals surface area contributed by atoms with Gasteiger partial charge in [-0.1, -0.05) is 22.8 Å². The molecule has 8 nitrogen and oxygen atoms in total. The Bertz CT molecular complexity index is 1180. The molecule has 0 saturated heterocycles. The number of benzene rings is 2. The molecular formula is C19H14ClFN4O4. The predicted octanol–water partition coefficient (Wildman–Crippen LogP) is 3.85. The van der Waals surface area contributed by atoms with Crippen LogP contribution in [-0.2, 0) is 13.2 Å². The van der Waals surface area contributed by atoms with E-state index < -0.39 is 5.82 Å². The fourth-order valence-electron chi connectivity index (χ4n) is 2.69. The summed E-state index contributed by atoms with van der Waals surface area (Å²) >= 11 is 5.91. The molecule has 0 saturated carbocycles. The standard InChI is InChI=1S/C19H14ClFN4O4/c1-25(9-11-2-4-15-16(6-11)24-29-23-15)19(26)17-8-13(28-22-17)10-27-18-5-3-12(21)7-14(18)20/h2-8H,9-10H2,1H3. The van der Waals surface area contributed by atoms with Gasteiger partial charge in [0.25, 0.3) is 5.91 Å². The summed E-state index contributed by atoms with van der Waals surface area (Å²) in [4.78, 5) is 14.1. The van der Waals surface area contributed by atoms with Gasteiger partial charge in [0.05, 0.1) is 5.02 Å². The van der Waals surface area contributed by atoms with Gasteiger partial charge in [-0.25, -0.2) is 9.02 Å². The van der Waals surface area contributed by atoms with Gasteiger partial charge in [-0.3, -0.25) is 4.79 Å². The van der Waals surface area contributed by atoms with Crippen LogP contribution < -0.4 is 4.74 Å². The minimum atomic E-state index is -0.461. The van der Waals surface area contributed by atoms with Gasteiger partial charge in [-0.05, 0) is 46.2 Å². The highest BCUT2D eigenvalue weighted by atomic mass is 35.5. The van der Waals surface area contributed by atoms with Gasteiger partial charge in [-0.2, -0.15) is 0 Å². The monoisotopic (exact) mass is 416 g/mol. The summed E-state index contributed by atoms with van der Waals surface area (Å²) in [6, 6.07) is 10.7. The predicted molar refractivity (Wildman–Crippen MR) is 99.8 cm³/mol. The third-order valence-electron chi connectivity index (χ3n) is 4.13. The summed E-state index contributed by atoms with van der Waals surface area (Å²) in [6.07, 6.45) is 0. The van der Waals surface area contributed by atoms with Crippen molar-refractivity contribution in [1.82, 2.24) is 20.4 Å². The Morgan fingerprint density at radius 1 is 1.14 bits per heavy atom. The number of ether oxygens (including phenoxy) is 1. The summed E-state index contributed by atoms with van der Waals surface area (Å²) < 4.78 is 28.4. The van der Waals surface area contributed by atoms with Crippen LogP contribution in [0.4, 0.5) is 4.39 Å². The lowest BCUT2D eigenvalue weighted by Crippen LogP contribution is -2.26. The number of aromatic nitrogens is 3. The van der Waals surface area contributed by atoms with Crippen LogP contribution in [0.3, 0.4) is 0 Å². The molecule has 4 rings (SSSR count). The van der Waals surface area contributed by atoms with E-state index in [1.807, 2.05) is 6.07 Å². The van der Waals surface area contributed by atoms with Crippen LogP contribution in [0.5, 0.6) is 5.75 Å². The van der Waals surface area contributed by atoms with Gasteiger partial charge in [0, 0.05) is 19.7 Å². The summed E-state index contributed by atoms with van der Waals surface area (Å²) in [5, 5.41) is 11.5. The molecular weight excluding hydrogens is 403 g/mol. The van der Waals surface area contributed by atoms with Crippen molar-refractivity contribution in [3.8, 4) is 5.75 Å². The van der Waals surface area contributed by atoms with E-state index in [0.717, 1.165) is 11.6 Å². The number of amides is 1. The molecule has 2 heterocycles. The zero-order valence-corrected chi connectivity index (χ0v) is 15.9. The Hall–Kier alpha value is -3.46. The fraction of sp³-hybridized carbons (Fsp3) is 0.158. The molecule has 0 fully saturated rings. The van der Waals surface area contributed by atoms with Crippen molar-refractivity contribution in [2.45, 2.75) is 13.2 Å². The molecule has 0 spiro atoms. The average molecular weight is 417 g/mol. The zero-order valence-electron chi connectivity index (χ0n) is 15.1. The highest BCUT2D eigenvalue weighted by Crippen LogP contribution is 2.26. The largest absolute Gasteiger partial charge is 0.484 e. The second-order valence-corrected chi connectivity index (χ2v) is 6.70. The van der Waals surface area contributed by atoms with E-state index in [2.05, 4.69) is 20.1 Å². The number of carbonyl (C=O) groups excluding carboxylic acids is 1. The van der Waals surface area contributed by atoms with Crippen LogP contribution >= 0.6 is 11.6 Å². The van der Waals surface area contributed by atoms with Crippen LogP contribution in [0.15, 0.2) is 51.6 Å². The Morgan fingerprint density at radius 2 is 1.97 bits per heavy atom. The molecule has 4 aromatic rings. The highest BCUT2D eigenvalue weighted by molar-refractivity contribution is 6.32. The lowest BCUT2D eigenvalue weighted by Gasteiger charge is -2.15. The maximum Gasteiger partial charge on any atom is 0.276 e. The lowest BCUT2D eigenvalue weighted by atomic mass is 10.2. The van der Waals surface area contributed by atoms with Crippen LogP contribution in [0.25, 0.3) is 11.0 Å². The number of fused-ring (bicyclic) bond motifs is 1. The normalized spacial score (nSPS) is 11.0. The van der Waals surface area contributed by atoms with E-state index in [0.29, 0.717) is 29.1 Å². The first-order valence-electron chi connectivity index (χ1n) is 8.50. The second-order valence-electron chi connectivity index (χ2n) is 6.29. The number of halogens is 2. The van der Waals surface area contributed by atoms with Crippen molar-refractivity contribution in [2.75, 3.05) is 7.05 Å². The Labute approximate surface area is 168 Å². The zero-order chi connectivity index (χ0) is 20.4. The second kappa shape index (κ2) is 7.88. The molecule has 29 heavy (non-hydrogen) atoms. The maximum atomic E-state index is 13.1. The van der Waals surface area contributed by atoms with Crippen molar-refractivity contribution in [3.63, 3.8) is 0 Å². The minimum Gasteiger partial charge on any atom is -0.484 e. The van der Waals surface area contributed by atoms with Crippen molar-refractivity contribution < 1.29 is 23.1 Å². The quantitative estimate of drug-likeness (QED) is 0.471. The van der Waals surface area contributed by atoms with E-state index >= 15 is 0 Å². The Kier molecular flexibility index (Phi) is 5.13. The molecule has 0 N–H and O–H groups in total. The van der Waals surface area contributed by atoms with Gasteiger partial charge < -0.3 is 14.2 Å². The van der Waals surface area contributed by atoms with E-state index in [1.54, 1.807) is 19.2 Å². The molecule has 10 heteroatoms. The maximum absolute atomic E-state index is 13.1. The molecule has 0 atom stereocenters. The topological polar surface area (TPSA) is 94.5 Å². The van der Waals surface area contributed by atoms with Crippen molar-refractivity contribution in [1.29, 1.82) is 0 Å². The van der Waals surface area contributed by atoms with Crippen LogP contribution in [0, 0.1) is 5.82 Å². The number of hydrogen-bond acceptors (Lipinski definition) is 7. The summed E-state index contributed by atoms with van der Waals surface area (Å²) in [5.74, 6) is -0.153. The number of hydrogen-bond donors (Lipinski definition) is 0. The van der Waals surface area contributed by atoms with Crippen LogP contribution in [-0.4, -0.2) is 33.3 Å². The molecule has 0 aliphatic heterocycles. The molecule has 2 aromatic carbocycles. The fourth-order valence-corrected chi connectivity index (χ4v) is 2.91. The molecule has 148 valence electrons. The Morgan fingerprint density at radius 3 is 2.79 bits per heavy atom. The van der Waals surface area contributed by atoms with Crippen molar-refractivity contribution >= 4 is 28.5 Å². The molecule has 0 aliphatic carbocycles. The first-order chi connectivity index (χ1) is 14.0. The van der Waals surface area contributed by atoms with E-state index in [-0.39, 0.29) is 23.2 Å². The van der Waals surface area contributed by atoms with Gasteiger partial charge in [0.2, 0.25) is 0 Å². The van der Waals surface area contributed by atoms with Crippen molar-refractivity contribution in [3.05, 3.63) is 70.3 Å². The minimum absolute atomic E-state index is 0.00876. The van der Waals surface area contributed by atoms with E-state index in [4.69, 9.17) is 20.9 Å². The third kappa shape index (κ3) is 4.19. The number of nitrogens with zero attached hydrogens (tertiary/aromatic N) is 4.